The van der Waals surface area contributed by atoms with Crippen molar-refractivity contribution in [3.63, 3.8) is 0 Å². The molecule has 1 aromatic rings. The molecule has 0 spiro atoms. The Kier molecular flexibility index (Phi) is 5.63. The number of benzene rings is 1. The molecule has 0 unspecified atom stereocenters. The van der Waals surface area contributed by atoms with Gasteiger partial charge < -0.3 is 14.6 Å². The molecular formula is C12H18O3. The molecule has 0 heterocycles. The molecule has 3 nitrogen and oxygen atoms in total. The van der Waals surface area contributed by atoms with Crippen molar-refractivity contribution < 1.29 is 14.6 Å². The molecule has 0 bridgehead atoms. The molecule has 0 atom stereocenters. The predicted octanol–water partition coefficient (Wildman–Crippen LogP) is 2.24. The average molecular weight is 210 g/mol. The minimum atomic E-state index is 0.0172. The minimum absolute atomic E-state index is 0.0172. The minimum Gasteiger partial charge on any atom is -0.490 e. The van der Waals surface area contributed by atoms with Gasteiger partial charge in [0.15, 0.2) is 11.5 Å². The highest BCUT2D eigenvalue weighted by atomic mass is 16.5. The number of aliphatic hydroxyl groups is 1. The van der Waals surface area contributed by atoms with Crippen molar-refractivity contribution >= 4 is 0 Å². The van der Waals surface area contributed by atoms with E-state index < -0.39 is 0 Å². The van der Waals surface area contributed by atoms with E-state index in [9.17, 15) is 0 Å². The maximum atomic E-state index is 8.67. The van der Waals surface area contributed by atoms with Crippen molar-refractivity contribution in [2.24, 2.45) is 0 Å². The van der Waals surface area contributed by atoms with Crippen LogP contribution in [-0.2, 0) is 0 Å². The molecular weight excluding hydrogens is 192 g/mol. The van der Waals surface area contributed by atoms with Gasteiger partial charge in [0.1, 0.15) is 6.61 Å². The number of rotatable bonds is 7. The van der Waals surface area contributed by atoms with Crippen LogP contribution in [0.1, 0.15) is 19.8 Å². The second-order valence-electron chi connectivity index (χ2n) is 3.22. The number of hydrogen-bond acceptors (Lipinski definition) is 3. The van der Waals surface area contributed by atoms with E-state index in [1.54, 1.807) is 0 Å². The highest BCUT2D eigenvalue weighted by Crippen LogP contribution is 2.26. The Morgan fingerprint density at radius 2 is 1.67 bits per heavy atom. The summed E-state index contributed by atoms with van der Waals surface area (Å²) in [5.74, 6) is 1.45. The van der Waals surface area contributed by atoms with Crippen molar-refractivity contribution in [3.05, 3.63) is 24.3 Å². The smallest absolute Gasteiger partial charge is 0.161 e. The van der Waals surface area contributed by atoms with E-state index in [-0.39, 0.29) is 6.61 Å². The first-order chi connectivity index (χ1) is 7.38. The zero-order chi connectivity index (χ0) is 10.9. The number of ether oxygens (including phenoxy) is 2. The maximum absolute atomic E-state index is 8.67. The number of para-hydroxylation sites is 2. The maximum Gasteiger partial charge on any atom is 0.161 e. The van der Waals surface area contributed by atoms with Gasteiger partial charge in [0.2, 0.25) is 0 Å². The zero-order valence-electron chi connectivity index (χ0n) is 9.11. The van der Waals surface area contributed by atoms with E-state index in [1.807, 2.05) is 24.3 Å². The Balaban J connectivity index is 2.52. The summed E-state index contributed by atoms with van der Waals surface area (Å²) in [6.07, 6.45) is 2.15. The van der Waals surface area contributed by atoms with E-state index in [0.29, 0.717) is 19.0 Å². The summed E-state index contributed by atoms with van der Waals surface area (Å²) in [4.78, 5) is 0. The van der Waals surface area contributed by atoms with Crippen molar-refractivity contribution in [1.29, 1.82) is 0 Å². The molecule has 0 aliphatic carbocycles. The first kappa shape index (κ1) is 11.9. The van der Waals surface area contributed by atoms with Gasteiger partial charge in [-0.2, -0.15) is 0 Å². The molecule has 3 heteroatoms. The third-order valence-electron chi connectivity index (χ3n) is 1.95. The molecule has 0 aliphatic heterocycles. The number of hydrogen-bond donors (Lipinski definition) is 1. The van der Waals surface area contributed by atoms with Crippen LogP contribution in [0.15, 0.2) is 24.3 Å². The van der Waals surface area contributed by atoms with Gasteiger partial charge in [-0.25, -0.2) is 0 Å². The SMILES string of the molecule is CCCCOc1ccccc1OCCO. The highest BCUT2D eigenvalue weighted by molar-refractivity contribution is 5.39. The van der Waals surface area contributed by atoms with Crippen LogP contribution in [0, 0.1) is 0 Å². The van der Waals surface area contributed by atoms with E-state index in [2.05, 4.69) is 6.92 Å². The van der Waals surface area contributed by atoms with Crippen molar-refractivity contribution in [2.75, 3.05) is 19.8 Å². The molecule has 0 amide bonds. The molecule has 0 fully saturated rings. The fraction of sp³-hybridized carbons (Fsp3) is 0.500. The van der Waals surface area contributed by atoms with Gasteiger partial charge in [-0.05, 0) is 18.6 Å². The first-order valence-corrected chi connectivity index (χ1v) is 5.34. The van der Waals surface area contributed by atoms with E-state index >= 15 is 0 Å². The summed E-state index contributed by atoms with van der Waals surface area (Å²) >= 11 is 0. The fourth-order valence-electron chi connectivity index (χ4n) is 1.17. The van der Waals surface area contributed by atoms with E-state index in [0.717, 1.165) is 18.6 Å². The molecule has 0 aromatic heterocycles. The summed E-state index contributed by atoms with van der Waals surface area (Å²) in [5, 5.41) is 8.67. The second-order valence-corrected chi connectivity index (χ2v) is 3.22. The van der Waals surface area contributed by atoms with Crippen LogP contribution in [0.4, 0.5) is 0 Å². The van der Waals surface area contributed by atoms with E-state index in [1.165, 1.54) is 0 Å². The monoisotopic (exact) mass is 210 g/mol. The van der Waals surface area contributed by atoms with E-state index in [4.69, 9.17) is 14.6 Å². The second kappa shape index (κ2) is 7.12. The standard InChI is InChI=1S/C12H18O3/c1-2-3-9-14-11-6-4-5-7-12(11)15-10-8-13/h4-7,13H,2-3,8-10H2,1H3. The Bertz CT molecular complexity index is 273. The van der Waals surface area contributed by atoms with Crippen molar-refractivity contribution in [2.45, 2.75) is 19.8 Å². The third kappa shape index (κ3) is 4.21. The van der Waals surface area contributed by atoms with Gasteiger partial charge >= 0.3 is 0 Å². The molecule has 15 heavy (non-hydrogen) atoms. The van der Waals surface area contributed by atoms with Crippen LogP contribution in [0.5, 0.6) is 11.5 Å². The molecule has 1 N–H and O–H groups in total. The first-order valence-electron chi connectivity index (χ1n) is 5.34. The summed E-state index contributed by atoms with van der Waals surface area (Å²) in [6, 6.07) is 7.52. The summed E-state index contributed by atoms with van der Waals surface area (Å²) in [7, 11) is 0. The molecule has 0 radical (unpaired) electrons. The number of aliphatic hydroxyl groups excluding tert-OH is 1. The normalized spacial score (nSPS) is 10.0. The average Bonchev–Trinajstić information content (AvgIpc) is 2.28. The molecule has 0 saturated carbocycles. The number of unbranched alkanes of at least 4 members (excludes halogenated alkanes) is 1. The Hall–Kier alpha value is -1.22. The molecule has 0 aliphatic rings. The largest absolute Gasteiger partial charge is 0.490 e. The molecule has 1 aromatic carbocycles. The van der Waals surface area contributed by atoms with Crippen molar-refractivity contribution in [1.82, 2.24) is 0 Å². The lowest BCUT2D eigenvalue weighted by atomic mass is 10.3. The van der Waals surface area contributed by atoms with Gasteiger partial charge in [-0.15, -0.1) is 0 Å². The molecule has 84 valence electrons. The topological polar surface area (TPSA) is 38.7 Å². The Labute approximate surface area is 90.6 Å². The van der Waals surface area contributed by atoms with Crippen LogP contribution in [0.3, 0.4) is 0 Å². The van der Waals surface area contributed by atoms with Crippen LogP contribution in [0.25, 0.3) is 0 Å². The fourth-order valence-corrected chi connectivity index (χ4v) is 1.17. The Morgan fingerprint density at radius 1 is 1.07 bits per heavy atom. The lowest BCUT2D eigenvalue weighted by Gasteiger charge is -2.11. The Morgan fingerprint density at radius 3 is 2.20 bits per heavy atom. The van der Waals surface area contributed by atoms with Gasteiger partial charge in [-0.1, -0.05) is 25.5 Å². The lowest BCUT2D eigenvalue weighted by molar-refractivity contribution is 0.193. The quantitative estimate of drug-likeness (QED) is 0.701. The van der Waals surface area contributed by atoms with Crippen LogP contribution >= 0.6 is 0 Å². The van der Waals surface area contributed by atoms with Crippen LogP contribution in [-0.4, -0.2) is 24.9 Å². The lowest BCUT2D eigenvalue weighted by Crippen LogP contribution is -2.04. The highest BCUT2D eigenvalue weighted by Gasteiger charge is 2.02. The van der Waals surface area contributed by atoms with Gasteiger partial charge in [0.05, 0.1) is 13.2 Å². The van der Waals surface area contributed by atoms with Gasteiger partial charge in [0.25, 0.3) is 0 Å². The van der Waals surface area contributed by atoms with Gasteiger partial charge in [-0.3, -0.25) is 0 Å². The summed E-state index contributed by atoms with van der Waals surface area (Å²) in [5.41, 5.74) is 0. The van der Waals surface area contributed by atoms with Crippen LogP contribution in [0.2, 0.25) is 0 Å². The predicted molar refractivity (Wildman–Crippen MR) is 59.4 cm³/mol. The van der Waals surface area contributed by atoms with Crippen LogP contribution < -0.4 is 9.47 Å². The summed E-state index contributed by atoms with van der Waals surface area (Å²) in [6.45, 7) is 3.14. The molecule has 1 rings (SSSR count). The third-order valence-corrected chi connectivity index (χ3v) is 1.95. The summed E-state index contributed by atoms with van der Waals surface area (Å²) < 4.78 is 10.9. The van der Waals surface area contributed by atoms with Gasteiger partial charge in [0, 0.05) is 0 Å². The van der Waals surface area contributed by atoms with Crippen molar-refractivity contribution in [3.8, 4) is 11.5 Å². The molecule has 0 saturated heterocycles. The zero-order valence-corrected chi connectivity index (χ0v) is 9.11.